The second kappa shape index (κ2) is 7.95. The van der Waals surface area contributed by atoms with Gasteiger partial charge in [0.15, 0.2) is 0 Å². The molecule has 0 spiro atoms. The van der Waals surface area contributed by atoms with Crippen molar-refractivity contribution in [2.75, 3.05) is 14.2 Å². The van der Waals surface area contributed by atoms with Crippen LogP contribution < -0.4 is 14.8 Å². The number of aromatic nitrogens is 1. The predicted octanol–water partition coefficient (Wildman–Crippen LogP) is 4.00. The molecule has 0 fully saturated rings. The Morgan fingerprint density at radius 1 is 1.15 bits per heavy atom. The SMILES string of the molecule is COc1ccc(OC)c(C(C)NC(=O)CCc2c[nH]c3ccccc23)c1. The monoisotopic (exact) mass is 352 g/mol. The lowest BCUT2D eigenvalue weighted by Crippen LogP contribution is -2.27. The van der Waals surface area contributed by atoms with E-state index < -0.39 is 0 Å². The fourth-order valence-electron chi connectivity index (χ4n) is 3.16. The minimum atomic E-state index is -0.171. The molecule has 0 aliphatic rings. The lowest BCUT2D eigenvalue weighted by molar-refractivity contribution is -0.121. The number of hydrogen-bond donors (Lipinski definition) is 2. The quantitative estimate of drug-likeness (QED) is 0.676. The first-order chi connectivity index (χ1) is 12.6. The van der Waals surface area contributed by atoms with Gasteiger partial charge in [-0.1, -0.05) is 18.2 Å². The molecule has 0 saturated carbocycles. The van der Waals surface area contributed by atoms with Crippen LogP contribution in [0.4, 0.5) is 0 Å². The minimum absolute atomic E-state index is 0.00709. The summed E-state index contributed by atoms with van der Waals surface area (Å²) in [7, 11) is 3.24. The number of rotatable bonds is 7. The number of carbonyl (C=O) groups is 1. The summed E-state index contributed by atoms with van der Waals surface area (Å²) in [6, 6.07) is 13.5. The number of methoxy groups -OCH3 is 2. The maximum Gasteiger partial charge on any atom is 0.220 e. The molecule has 5 heteroatoms. The first kappa shape index (κ1) is 17.9. The molecule has 0 saturated heterocycles. The van der Waals surface area contributed by atoms with Crippen molar-refractivity contribution in [2.45, 2.75) is 25.8 Å². The molecule has 0 aliphatic carbocycles. The number of benzene rings is 2. The summed E-state index contributed by atoms with van der Waals surface area (Å²) in [5, 5.41) is 4.22. The summed E-state index contributed by atoms with van der Waals surface area (Å²) in [6.07, 6.45) is 3.10. The van der Waals surface area contributed by atoms with E-state index in [1.165, 1.54) is 5.39 Å². The highest BCUT2D eigenvalue weighted by Gasteiger charge is 2.15. The number of hydrogen-bond acceptors (Lipinski definition) is 3. The van der Waals surface area contributed by atoms with Crippen LogP contribution in [0, 0.1) is 0 Å². The van der Waals surface area contributed by atoms with Crippen molar-refractivity contribution in [3.63, 3.8) is 0 Å². The zero-order valence-corrected chi connectivity index (χ0v) is 15.3. The predicted molar refractivity (Wildman–Crippen MR) is 103 cm³/mol. The smallest absolute Gasteiger partial charge is 0.220 e. The molecule has 0 radical (unpaired) electrons. The molecule has 0 bridgehead atoms. The van der Waals surface area contributed by atoms with Crippen molar-refractivity contribution < 1.29 is 14.3 Å². The number of aryl methyl sites for hydroxylation is 1. The Morgan fingerprint density at radius 3 is 2.73 bits per heavy atom. The molecule has 2 N–H and O–H groups in total. The fraction of sp³-hybridized carbons (Fsp3) is 0.286. The van der Waals surface area contributed by atoms with Crippen LogP contribution in [0.2, 0.25) is 0 Å². The van der Waals surface area contributed by atoms with Crippen LogP contribution in [-0.4, -0.2) is 25.1 Å². The van der Waals surface area contributed by atoms with Crippen molar-refractivity contribution in [1.29, 1.82) is 0 Å². The molecule has 0 aliphatic heterocycles. The van der Waals surface area contributed by atoms with Gasteiger partial charge in [0.2, 0.25) is 5.91 Å². The molecule has 2 aromatic carbocycles. The molecule has 136 valence electrons. The first-order valence-electron chi connectivity index (χ1n) is 8.68. The zero-order chi connectivity index (χ0) is 18.5. The Morgan fingerprint density at radius 2 is 1.96 bits per heavy atom. The number of carbonyl (C=O) groups excluding carboxylic acids is 1. The van der Waals surface area contributed by atoms with Gasteiger partial charge in [-0.05, 0) is 43.2 Å². The van der Waals surface area contributed by atoms with Gasteiger partial charge in [0.25, 0.3) is 0 Å². The molecule has 1 heterocycles. The highest BCUT2D eigenvalue weighted by atomic mass is 16.5. The van der Waals surface area contributed by atoms with E-state index in [2.05, 4.69) is 16.4 Å². The number of ether oxygens (including phenoxy) is 2. The Labute approximate surface area is 153 Å². The molecule has 1 aromatic heterocycles. The number of amides is 1. The number of nitrogens with one attached hydrogen (secondary N) is 2. The average Bonchev–Trinajstić information content (AvgIpc) is 3.09. The number of fused-ring (bicyclic) bond motifs is 1. The van der Waals surface area contributed by atoms with Crippen LogP contribution >= 0.6 is 0 Å². The third-order valence-corrected chi connectivity index (χ3v) is 4.58. The second-order valence-electron chi connectivity index (χ2n) is 6.26. The molecule has 3 aromatic rings. The second-order valence-corrected chi connectivity index (χ2v) is 6.26. The maximum absolute atomic E-state index is 12.4. The summed E-state index contributed by atoms with van der Waals surface area (Å²) in [6.45, 7) is 1.95. The summed E-state index contributed by atoms with van der Waals surface area (Å²) in [4.78, 5) is 15.7. The van der Waals surface area contributed by atoms with E-state index in [0.717, 1.165) is 28.1 Å². The standard InChI is InChI=1S/C21H24N2O3/c1-14(18-12-16(25-2)9-10-20(18)26-3)23-21(24)11-8-15-13-22-19-7-5-4-6-17(15)19/h4-7,9-10,12-14,22H,8,11H2,1-3H3,(H,23,24). The van der Waals surface area contributed by atoms with E-state index in [9.17, 15) is 4.79 Å². The van der Waals surface area contributed by atoms with E-state index in [1.807, 2.05) is 49.5 Å². The number of aromatic amines is 1. The van der Waals surface area contributed by atoms with Crippen molar-refractivity contribution in [3.8, 4) is 11.5 Å². The van der Waals surface area contributed by atoms with Crippen LogP contribution in [0.25, 0.3) is 10.9 Å². The van der Waals surface area contributed by atoms with Gasteiger partial charge in [-0.3, -0.25) is 4.79 Å². The maximum atomic E-state index is 12.4. The average molecular weight is 352 g/mol. The largest absolute Gasteiger partial charge is 0.497 e. The Balaban J connectivity index is 1.64. The lowest BCUT2D eigenvalue weighted by atomic mass is 10.1. The highest BCUT2D eigenvalue weighted by molar-refractivity contribution is 5.84. The lowest BCUT2D eigenvalue weighted by Gasteiger charge is -2.18. The normalized spacial score (nSPS) is 12.0. The van der Waals surface area contributed by atoms with E-state index in [4.69, 9.17) is 9.47 Å². The topological polar surface area (TPSA) is 63.4 Å². The summed E-state index contributed by atoms with van der Waals surface area (Å²) in [5.74, 6) is 1.48. The number of para-hydroxylation sites is 1. The molecule has 1 unspecified atom stereocenters. The van der Waals surface area contributed by atoms with Gasteiger partial charge in [0, 0.05) is 29.1 Å². The van der Waals surface area contributed by atoms with Gasteiger partial charge in [0.1, 0.15) is 11.5 Å². The Bertz CT molecular complexity index is 901. The summed E-state index contributed by atoms with van der Waals surface area (Å²) in [5.41, 5.74) is 3.15. The van der Waals surface area contributed by atoms with Crippen LogP contribution in [0.5, 0.6) is 11.5 Å². The molecule has 1 atom stereocenters. The van der Waals surface area contributed by atoms with E-state index in [-0.39, 0.29) is 11.9 Å². The van der Waals surface area contributed by atoms with Crippen LogP contribution in [-0.2, 0) is 11.2 Å². The van der Waals surface area contributed by atoms with Crippen LogP contribution in [0.3, 0.4) is 0 Å². The van der Waals surface area contributed by atoms with Gasteiger partial charge in [-0.2, -0.15) is 0 Å². The molecular weight excluding hydrogens is 328 g/mol. The van der Waals surface area contributed by atoms with Crippen molar-refractivity contribution >= 4 is 16.8 Å². The minimum Gasteiger partial charge on any atom is -0.497 e. The highest BCUT2D eigenvalue weighted by Crippen LogP contribution is 2.29. The van der Waals surface area contributed by atoms with E-state index in [0.29, 0.717) is 12.8 Å². The van der Waals surface area contributed by atoms with Gasteiger partial charge in [-0.25, -0.2) is 0 Å². The van der Waals surface area contributed by atoms with E-state index >= 15 is 0 Å². The molecule has 3 rings (SSSR count). The molecule has 1 amide bonds. The molecule has 5 nitrogen and oxygen atoms in total. The molecular formula is C21H24N2O3. The van der Waals surface area contributed by atoms with Crippen molar-refractivity contribution in [2.24, 2.45) is 0 Å². The third-order valence-electron chi connectivity index (χ3n) is 4.58. The number of H-pyrrole nitrogens is 1. The Kier molecular flexibility index (Phi) is 5.46. The zero-order valence-electron chi connectivity index (χ0n) is 15.3. The van der Waals surface area contributed by atoms with Gasteiger partial charge < -0.3 is 19.8 Å². The van der Waals surface area contributed by atoms with Crippen molar-refractivity contribution in [1.82, 2.24) is 10.3 Å². The van der Waals surface area contributed by atoms with Gasteiger partial charge >= 0.3 is 0 Å². The van der Waals surface area contributed by atoms with Crippen LogP contribution in [0.15, 0.2) is 48.7 Å². The third kappa shape index (κ3) is 3.82. The van der Waals surface area contributed by atoms with Crippen LogP contribution in [0.1, 0.15) is 30.5 Å². The summed E-state index contributed by atoms with van der Waals surface area (Å²) < 4.78 is 10.7. The fourth-order valence-corrected chi connectivity index (χ4v) is 3.16. The van der Waals surface area contributed by atoms with Gasteiger partial charge in [-0.15, -0.1) is 0 Å². The van der Waals surface area contributed by atoms with Gasteiger partial charge in [0.05, 0.1) is 20.3 Å². The van der Waals surface area contributed by atoms with Crippen molar-refractivity contribution in [3.05, 3.63) is 59.8 Å². The Hall–Kier alpha value is -2.95. The van der Waals surface area contributed by atoms with E-state index in [1.54, 1.807) is 14.2 Å². The summed E-state index contributed by atoms with van der Waals surface area (Å²) >= 11 is 0. The molecule has 26 heavy (non-hydrogen) atoms. The first-order valence-corrected chi connectivity index (χ1v) is 8.68.